The van der Waals surface area contributed by atoms with Crippen LogP contribution in [-0.2, 0) is 9.59 Å². The molecule has 0 N–H and O–H groups in total. The van der Waals surface area contributed by atoms with Crippen molar-refractivity contribution >= 4 is 29.3 Å². The fraction of sp³-hybridized carbons (Fsp3) is 0.364. The van der Waals surface area contributed by atoms with E-state index in [1.807, 2.05) is 30.3 Å². The first-order valence-electron chi connectivity index (χ1n) is 9.53. The van der Waals surface area contributed by atoms with Crippen LogP contribution >= 0.6 is 11.8 Å². The van der Waals surface area contributed by atoms with Gasteiger partial charge in [-0.2, -0.15) is 0 Å². The molecule has 4 nitrogen and oxygen atoms in total. The molecule has 0 saturated carbocycles. The van der Waals surface area contributed by atoms with Crippen molar-refractivity contribution in [3.63, 3.8) is 0 Å². The van der Waals surface area contributed by atoms with E-state index in [-0.39, 0.29) is 35.7 Å². The minimum atomic E-state index is -0.275. The molecule has 0 aliphatic carbocycles. The molecular weight excluding hydrogens is 356 g/mol. The average Bonchev–Trinajstić information content (AvgIpc) is 3.35. The van der Waals surface area contributed by atoms with Gasteiger partial charge >= 0.3 is 0 Å². The highest BCUT2D eigenvalue weighted by molar-refractivity contribution is 7.98. The molecule has 0 radical (unpaired) electrons. The second kappa shape index (κ2) is 6.50. The summed E-state index contributed by atoms with van der Waals surface area (Å²) >= 11 is 1.71. The molecule has 3 heterocycles. The van der Waals surface area contributed by atoms with Crippen LogP contribution in [0.15, 0.2) is 59.5 Å². The van der Waals surface area contributed by atoms with Crippen molar-refractivity contribution in [3.8, 4) is 0 Å². The van der Waals surface area contributed by atoms with Crippen molar-refractivity contribution in [2.45, 2.75) is 29.8 Å². The molecule has 0 unspecified atom stereocenters. The molecule has 0 aromatic heterocycles. The number of benzene rings is 2. The number of hydrogen-bond acceptors (Lipinski definition) is 4. The second-order valence-electron chi connectivity index (χ2n) is 7.56. The maximum absolute atomic E-state index is 13.4. The molecule has 5 heteroatoms. The molecule has 2 aromatic carbocycles. The zero-order chi connectivity index (χ0) is 18.5. The van der Waals surface area contributed by atoms with E-state index in [4.69, 9.17) is 0 Å². The summed E-state index contributed by atoms with van der Waals surface area (Å²) in [7, 11) is 0. The van der Waals surface area contributed by atoms with E-state index in [0.717, 1.165) is 24.9 Å². The van der Waals surface area contributed by atoms with Gasteiger partial charge in [-0.15, -0.1) is 11.8 Å². The summed E-state index contributed by atoms with van der Waals surface area (Å²) in [5.41, 5.74) is 1.85. The average molecular weight is 378 g/mol. The van der Waals surface area contributed by atoms with Gasteiger partial charge in [0.15, 0.2) is 0 Å². The van der Waals surface area contributed by atoms with Crippen molar-refractivity contribution in [2.24, 2.45) is 11.8 Å². The van der Waals surface area contributed by atoms with Gasteiger partial charge in [-0.25, -0.2) is 4.90 Å². The van der Waals surface area contributed by atoms with Gasteiger partial charge < -0.3 is 0 Å². The minimum Gasteiger partial charge on any atom is -0.292 e. The van der Waals surface area contributed by atoms with Crippen LogP contribution in [0.4, 0.5) is 5.69 Å². The van der Waals surface area contributed by atoms with Crippen LogP contribution in [0.5, 0.6) is 0 Å². The lowest BCUT2D eigenvalue weighted by Gasteiger charge is -2.29. The van der Waals surface area contributed by atoms with E-state index in [1.165, 1.54) is 9.80 Å². The summed E-state index contributed by atoms with van der Waals surface area (Å²) in [5.74, 6) is -0.547. The van der Waals surface area contributed by atoms with Crippen molar-refractivity contribution in [2.75, 3.05) is 17.7 Å². The quantitative estimate of drug-likeness (QED) is 0.603. The fourth-order valence-corrected chi connectivity index (χ4v) is 5.64. The van der Waals surface area contributed by atoms with Gasteiger partial charge in [0.05, 0.1) is 17.5 Å². The lowest BCUT2D eigenvalue weighted by atomic mass is 9.85. The van der Waals surface area contributed by atoms with Gasteiger partial charge in [0.25, 0.3) is 0 Å². The lowest BCUT2D eigenvalue weighted by molar-refractivity contribution is -0.123. The minimum absolute atomic E-state index is 0.00330. The van der Waals surface area contributed by atoms with Crippen molar-refractivity contribution < 1.29 is 9.59 Å². The Balaban J connectivity index is 1.57. The first-order chi connectivity index (χ1) is 13.2. The van der Waals surface area contributed by atoms with Crippen LogP contribution in [0.2, 0.25) is 0 Å². The Morgan fingerprint density at radius 2 is 1.63 bits per heavy atom. The van der Waals surface area contributed by atoms with E-state index >= 15 is 0 Å². The predicted molar refractivity (Wildman–Crippen MR) is 107 cm³/mol. The van der Waals surface area contributed by atoms with E-state index < -0.39 is 0 Å². The molecule has 27 heavy (non-hydrogen) atoms. The number of hydrogen-bond donors (Lipinski definition) is 0. The Morgan fingerprint density at radius 1 is 0.926 bits per heavy atom. The number of carbonyl (C=O) groups excluding carboxylic acids is 2. The Labute approximate surface area is 163 Å². The van der Waals surface area contributed by atoms with Crippen molar-refractivity contribution in [3.05, 3.63) is 60.2 Å². The molecule has 5 rings (SSSR count). The highest BCUT2D eigenvalue weighted by Gasteiger charge is 2.63. The Bertz CT molecular complexity index is 883. The molecule has 2 aromatic rings. The number of anilines is 1. The van der Waals surface area contributed by atoms with Crippen LogP contribution < -0.4 is 4.90 Å². The summed E-state index contributed by atoms with van der Waals surface area (Å²) in [6.07, 6.45) is 4.16. The zero-order valence-electron chi connectivity index (χ0n) is 15.2. The van der Waals surface area contributed by atoms with E-state index in [9.17, 15) is 9.59 Å². The maximum Gasteiger partial charge on any atom is 0.239 e. The van der Waals surface area contributed by atoms with Gasteiger partial charge in [-0.3, -0.25) is 14.5 Å². The van der Waals surface area contributed by atoms with Gasteiger partial charge in [-0.05, 0) is 55.5 Å². The first-order valence-corrected chi connectivity index (χ1v) is 10.8. The Morgan fingerprint density at radius 3 is 2.33 bits per heavy atom. The Kier molecular flexibility index (Phi) is 4.10. The van der Waals surface area contributed by atoms with Gasteiger partial charge in [-0.1, -0.05) is 30.3 Å². The van der Waals surface area contributed by atoms with E-state index in [1.54, 1.807) is 11.8 Å². The number of nitrogens with zero attached hydrogens (tertiary/aromatic N) is 2. The first kappa shape index (κ1) is 17.0. The standard InChI is InChI=1S/C22H22N2O2S/c1-27-16-11-9-14(10-12-16)20-19-18(17-8-5-13-23(17)20)21(25)24(22(19)26)15-6-3-2-4-7-15/h2-4,6-7,9-12,17-20H,5,8,13H2,1H3/t17-,18-,19+,20+/m0/s1. The molecule has 2 amide bonds. The van der Waals surface area contributed by atoms with Crippen LogP contribution in [-0.4, -0.2) is 35.6 Å². The topological polar surface area (TPSA) is 40.6 Å². The molecule has 0 spiro atoms. The number of carbonyl (C=O) groups is 2. The summed E-state index contributed by atoms with van der Waals surface area (Å²) < 4.78 is 0. The molecule has 3 aliphatic heterocycles. The van der Waals surface area contributed by atoms with Crippen LogP contribution in [0.1, 0.15) is 24.4 Å². The second-order valence-corrected chi connectivity index (χ2v) is 8.44. The van der Waals surface area contributed by atoms with Gasteiger partial charge in [0, 0.05) is 17.0 Å². The third-order valence-electron chi connectivity index (χ3n) is 6.32. The summed E-state index contributed by atoms with van der Waals surface area (Å²) in [5, 5.41) is 0. The van der Waals surface area contributed by atoms with Crippen LogP contribution in [0, 0.1) is 11.8 Å². The fourth-order valence-electron chi connectivity index (χ4n) is 5.23. The summed E-state index contributed by atoms with van der Waals surface area (Å²) in [4.78, 5) is 31.8. The van der Waals surface area contributed by atoms with Gasteiger partial charge in [0.1, 0.15) is 0 Å². The summed E-state index contributed by atoms with van der Waals surface area (Å²) in [6.45, 7) is 0.971. The van der Waals surface area contributed by atoms with Crippen LogP contribution in [0.25, 0.3) is 0 Å². The SMILES string of the molecule is CSc1ccc([C@@H]2[C@@H]3C(=O)N(c4ccccc4)C(=O)[C@H]3[C@@H]3CCCN23)cc1. The highest BCUT2D eigenvalue weighted by atomic mass is 32.2. The van der Waals surface area contributed by atoms with E-state index in [2.05, 4.69) is 35.4 Å². The monoisotopic (exact) mass is 378 g/mol. The highest BCUT2D eigenvalue weighted by Crippen LogP contribution is 2.53. The number of amides is 2. The third kappa shape index (κ3) is 2.48. The number of para-hydroxylation sites is 1. The number of fused-ring (bicyclic) bond motifs is 3. The molecule has 138 valence electrons. The van der Waals surface area contributed by atoms with E-state index in [0.29, 0.717) is 5.69 Å². The lowest BCUT2D eigenvalue weighted by Crippen LogP contribution is -2.39. The molecule has 0 bridgehead atoms. The largest absolute Gasteiger partial charge is 0.292 e. The predicted octanol–water partition coefficient (Wildman–Crippen LogP) is 3.73. The Hall–Kier alpha value is -2.11. The smallest absolute Gasteiger partial charge is 0.239 e. The molecule has 4 atom stereocenters. The zero-order valence-corrected chi connectivity index (χ0v) is 16.1. The van der Waals surface area contributed by atoms with Crippen molar-refractivity contribution in [1.82, 2.24) is 4.90 Å². The van der Waals surface area contributed by atoms with Crippen LogP contribution in [0.3, 0.4) is 0 Å². The normalized spacial score (nSPS) is 30.0. The molecular formula is C22H22N2O2S. The number of imide groups is 1. The van der Waals surface area contributed by atoms with Gasteiger partial charge in [0.2, 0.25) is 11.8 Å². The van der Waals surface area contributed by atoms with Crippen molar-refractivity contribution in [1.29, 1.82) is 0 Å². The molecule has 3 saturated heterocycles. The third-order valence-corrected chi connectivity index (χ3v) is 7.07. The molecule has 3 aliphatic rings. The maximum atomic E-state index is 13.4. The molecule has 3 fully saturated rings. The number of thioether (sulfide) groups is 1. The number of rotatable bonds is 3. The summed E-state index contributed by atoms with van der Waals surface area (Å²) in [6, 6.07) is 18.1.